The molecular formula is C22H29N5O5. The molecule has 0 aromatic heterocycles. The number of hydrogen-bond donors (Lipinski definition) is 3. The summed E-state index contributed by atoms with van der Waals surface area (Å²) >= 11 is 0. The molecule has 1 aromatic rings. The lowest BCUT2D eigenvalue weighted by Gasteiger charge is -2.22. The highest BCUT2D eigenvalue weighted by Gasteiger charge is 2.24. The van der Waals surface area contributed by atoms with Crippen LogP contribution in [0.4, 0.5) is 10.5 Å². The quantitative estimate of drug-likeness (QED) is 0.416. The lowest BCUT2D eigenvalue weighted by atomic mass is 10.0. The van der Waals surface area contributed by atoms with Crippen molar-refractivity contribution in [3.8, 4) is 0 Å². The molecule has 0 aliphatic carbocycles. The molecule has 32 heavy (non-hydrogen) atoms. The normalized spacial score (nSPS) is 15.3. The van der Waals surface area contributed by atoms with Gasteiger partial charge < -0.3 is 21.1 Å². The summed E-state index contributed by atoms with van der Waals surface area (Å²) < 4.78 is 0. The third-order valence-corrected chi connectivity index (χ3v) is 5.19. The van der Waals surface area contributed by atoms with Crippen molar-refractivity contribution in [1.82, 2.24) is 15.3 Å². The number of rotatable bonds is 8. The number of aliphatic imine (C=N–C) groups is 1. The van der Waals surface area contributed by atoms with Gasteiger partial charge in [-0.25, -0.2) is 14.9 Å². The number of carbonyl (C=O) groups is 3. The van der Waals surface area contributed by atoms with Crippen molar-refractivity contribution in [1.29, 1.82) is 0 Å². The number of hydrogen-bond acceptors (Lipinski definition) is 6. The number of carboxylic acid groups (broad SMARTS) is 1. The van der Waals surface area contributed by atoms with Crippen LogP contribution in [0.1, 0.15) is 48.5 Å². The van der Waals surface area contributed by atoms with Gasteiger partial charge in [0.25, 0.3) is 11.8 Å². The molecule has 2 aliphatic heterocycles. The highest BCUT2D eigenvalue weighted by molar-refractivity contribution is 6.05. The third kappa shape index (κ3) is 5.85. The van der Waals surface area contributed by atoms with Gasteiger partial charge in [-0.1, -0.05) is 13.0 Å². The SMILES string of the molecule is CCCN(OCCNC(=O)O)C(=O)C1=Cc2ccc(C(=O)N3CCCC3)cc2N=C(N)C1. The zero-order valence-corrected chi connectivity index (χ0v) is 18.2. The standard InChI is InChI=1S/C22H29N5O5/c1-2-8-27(32-11-7-24-22(30)31)21(29)17-12-15-5-6-16(13-18(15)25-19(23)14-17)20(28)26-9-3-4-10-26/h5-6,12-13,24H,2-4,7-11,14H2,1H3,(H2,23,25)(H,30,31). The molecular weight excluding hydrogens is 414 g/mol. The maximum atomic E-state index is 13.1. The predicted molar refractivity (Wildman–Crippen MR) is 119 cm³/mol. The average Bonchev–Trinajstić information content (AvgIpc) is 3.24. The van der Waals surface area contributed by atoms with Gasteiger partial charge in [-0.2, -0.15) is 0 Å². The molecule has 0 atom stereocenters. The number of benzene rings is 1. The Balaban J connectivity index is 1.79. The van der Waals surface area contributed by atoms with Crippen LogP contribution in [0.25, 0.3) is 6.08 Å². The molecule has 3 rings (SSSR count). The summed E-state index contributed by atoms with van der Waals surface area (Å²) in [5.74, 6) is -0.121. The minimum atomic E-state index is -1.16. The molecule has 10 heteroatoms. The number of amides is 3. The molecule has 0 bridgehead atoms. The van der Waals surface area contributed by atoms with Crippen LogP contribution < -0.4 is 11.1 Å². The topological polar surface area (TPSA) is 138 Å². The Morgan fingerprint density at radius 1 is 1.28 bits per heavy atom. The van der Waals surface area contributed by atoms with E-state index in [1.165, 1.54) is 5.06 Å². The van der Waals surface area contributed by atoms with E-state index in [4.69, 9.17) is 15.7 Å². The van der Waals surface area contributed by atoms with Crippen molar-refractivity contribution in [3.05, 3.63) is 34.9 Å². The van der Waals surface area contributed by atoms with E-state index < -0.39 is 6.09 Å². The molecule has 2 heterocycles. The monoisotopic (exact) mass is 443 g/mol. The van der Waals surface area contributed by atoms with Crippen LogP contribution in [0.5, 0.6) is 0 Å². The smallest absolute Gasteiger partial charge is 0.404 e. The first-order valence-corrected chi connectivity index (χ1v) is 10.8. The first-order chi connectivity index (χ1) is 15.4. The maximum Gasteiger partial charge on any atom is 0.404 e. The number of carbonyl (C=O) groups excluding carboxylic acids is 2. The van der Waals surface area contributed by atoms with Crippen molar-refractivity contribution in [2.75, 3.05) is 32.8 Å². The Labute approximate surface area is 186 Å². The second-order valence-corrected chi connectivity index (χ2v) is 7.69. The Hall–Kier alpha value is -3.40. The van der Waals surface area contributed by atoms with Gasteiger partial charge in [-0.3, -0.25) is 14.4 Å². The minimum Gasteiger partial charge on any atom is -0.465 e. The first kappa shape index (κ1) is 23.3. The average molecular weight is 444 g/mol. The van der Waals surface area contributed by atoms with Crippen LogP contribution in [-0.4, -0.2) is 71.6 Å². The van der Waals surface area contributed by atoms with E-state index in [0.717, 1.165) is 25.9 Å². The second-order valence-electron chi connectivity index (χ2n) is 7.69. The molecule has 1 saturated heterocycles. The summed E-state index contributed by atoms with van der Waals surface area (Å²) in [5.41, 5.74) is 8.27. The highest BCUT2D eigenvalue weighted by atomic mass is 16.7. The molecule has 3 amide bonds. The number of nitrogens with one attached hydrogen (secondary N) is 1. The number of likely N-dealkylation sites (tertiary alicyclic amines) is 1. The van der Waals surface area contributed by atoms with Crippen molar-refractivity contribution in [2.45, 2.75) is 32.6 Å². The van der Waals surface area contributed by atoms with Gasteiger partial charge >= 0.3 is 6.09 Å². The van der Waals surface area contributed by atoms with E-state index in [0.29, 0.717) is 35.4 Å². The van der Waals surface area contributed by atoms with Gasteiger partial charge in [0.1, 0.15) is 5.84 Å². The van der Waals surface area contributed by atoms with E-state index >= 15 is 0 Å². The van der Waals surface area contributed by atoms with Crippen LogP contribution in [0.2, 0.25) is 0 Å². The Kier molecular flexibility index (Phi) is 7.82. The van der Waals surface area contributed by atoms with E-state index in [9.17, 15) is 14.4 Å². The summed E-state index contributed by atoms with van der Waals surface area (Å²) in [5, 5.41) is 12.1. The van der Waals surface area contributed by atoms with Crippen LogP contribution in [0, 0.1) is 0 Å². The summed E-state index contributed by atoms with van der Waals surface area (Å²) in [6.07, 6.45) is 3.38. The fourth-order valence-corrected chi connectivity index (χ4v) is 3.67. The predicted octanol–water partition coefficient (Wildman–Crippen LogP) is 2.14. The lowest BCUT2D eigenvalue weighted by molar-refractivity contribution is -0.181. The molecule has 0 spiro atoms. The molecule has 4 N–H and O–H groups in total. The summed E-state index contributed by atoms with van der Waals surface area (Å²) in [6.45, 7) is 3.85. The van der Waals surface area contributed by atoms with Gasteiger partial charge in [-0.05, 0) is 37.5 Å². The molecule has 2 aliphatic rings. The second kappa shape index (κ2) is 10.8. The first-order valence-electron chi connectivity index (χ1n) is 10.8. The fraction of sp³-hybridized carbons (Fsp3) is 0.455. The van der Waals surface area contributed by atoms with Crippen LogP contribution >= 0.6 is 0 Å². The zero-order valence-electron chi connectivity index (χ0n) is 18.2. The molecule has 172 valence electrons. The maximum absolute atomic E-state index is 13.1. The van der Waals surface area contributed by atoms with Gasteiger partial charge in [0.15, 0.2) is 0 Å². The van der Waals surface area contributed by atoms with Gasteiger partial charge in [0.2, 0.25) is 0 Å². The van der Waals surface area contributed by atoms with Gasteiger partial charge in [-0.15, -0.1) is 0 Å². The van der Waals surface area contributed by atoms with Crippen molar-refractivity contribution < 1.29 is 24.3 Å². The van der Waals surface area contributed by atoms with Crippen LogP contribution in [0.15, 0.2) is 28.8 Å². The minimum absolute atomic E-state index is 0.0213. The number of hydroxylamine groups is 2. The molecule has 1 fully saturated rings. The molecule has 0 saturated carbocycles. The summed E-state index contributed by atoms with van der Waals surface area (Å²) in [4.78, 5) is 48.1. The Morgan fingerprint density at radius 2 is 2.03 bits per heavy atom. The zero-order chi connectivity index (χ0) is 23.1. The van der Waals surface area contributed by atoms with E-state index in [1.807, 2.05) is 11.8 Å². The summed E-state index contributed by atoms with van der Waals surface area (Å²) in [7, 11) is 0. The number of fused-ring (bicyclic) bond motifs is 1. The fourth-order valence-electron chi connectivity index (χ4n) is 3.67. The third-order valence-electron chi connectivity index (χ3n) is 5.19. The van der Waals surface area contributed by atoms with Gasteiger partial charge in [0.05, 0.1) is 12.3 Å². The van der Waals surface area contributed by atoms with E-state index in [2.05, 4.69) is 10.3 Å². The Bertz CT molecular complexity index is 937. The number of nitrogens with zero attached hydrogens (tertiary/aromatic N) is 3. The molecule has 1 aromatic carbocycles. The molecule has 0 radical (unpaired) electrons. The van der Waals surface area contributed by atoms with Crippen LogP contribution in [0.3, 0.4) is 0 Å². The highest BCUT2D eigenvalue weighted by Crippen LogP contribution is 2.29. The molecule has 0 unspecified atom stereocenters. The Morgan fingerprint density at radius 3 is 2.72 bits per heavy atom. The lowest BCUT2D eigenvalue weighted by Crippen LogP contribution is -2.36. The molecule has 10 nitrogen and oxygen atoms in total. The van der Waals surface area contributed by atoms with Crippen molar-refractivity contribution >= 4 is 35.5 Å². The van der Waals surface area contributed by atoms with Crippen molar-refractivity contribution in [3.63, 3.8) is 0 Å². The van der Waals surface area contributed by atoms with Crippen LogP contribution in [-0.2, 0) is 9.63 Å². The number of amidine groups is 1. The van der Waals surface area contributed by atoms with E-state index in [-0.39, 0.29) is 37.2 Å². The van der Waals surface area contributed by atoms with E-state index in [1.54, 1.807) is 24.3 Å². The number of nitrogens with two attached hydrogens (primary N) is 1. The largest absolute Gasteiger partial charge is 0.465 e. The van der Waals surface area contributed by atoms with Crippen molar-refractivity contribution in [2.24, 2.45) is 10.7 Å². The summed E-state index contributed by atoms with van der Waals surface area (Å²) in [6, 6.07) is 5.23. The van der Waals surface area contributed by atoms with Gasteiger partial charge in [0, 0.05) is 49.3 Å².